The third-order valence-corrected chi connectivity index (χ3v) is 1.82. The maximum atomic E-state index is 5.15. The number of rotatable bonds is 2. The lowest BCUT2D eigenvalue weighted by atomic mass is 10.3. The Morgan fingerprint density at radius 1 is 1.54 bits per heavy atom. The number of hydrogen-bond acceptors (Lipinski definition) is 4. The molecule has 0 spiro atoms. The first kappa shape index (κ1) is 7.97. The van der Waals surface area contributed by atoms with Crippen LogP contribution in [0.5, 0.6) is 0 Å². The Morgan fingerprint density at radius 3 is 2.92 bits per heavy atom. The van der Waals surface area contributed by atoms with Crippen molar-refractivity contribution in [2.45, 2.75) is 20.3 Å². The van der Waals surface area contributed by atoms with Crippen molar-refractivity contribution in [3.8, 4) is 11.6 Å². The monoisotopic (exact) mass is 178 g/mol. The van der Waals surface area contributed by atoms with Crippen LogP contribution in [0.1, 0.15) is 18.4 Å². The van der Waals surface area contributed by atoms with E-state index in [9.17, 15) is 0 Å². The number of aryl methyl sites for hydroxylation is 2. The summed E-state index contributed by atoms with van der Waals surface area (Å²) in [5.74, 6) is 2.06. The molecule has 0 saturated carbocycles. The van der Waals surface area contributed by atoms with Crippen LogP contribution in [0.15, 0.2) is 10.8 Å². The zero-order valence-corrected chi connectivity index (χ0v) is 7.53. The van der Waals surface area contributed by atoms with E-state index in [1.807, 2.05) is 13.8 Å². The van der Waals surface area contributed by atoms with Crippen LogP contribution in [0.25, 0.3) is 11.6 Å². The van der Waals surface area contributed by atoms with E-state index in [4.69, 9.17) is 4.42 Å². The summed E-state index contributed by atoms with van der Waals surface area (Å²) in [7, 11) is 0. The minimum atomic E-state index is 0.576. The second-order valence-corrected chi connectivity index (χ2v) is 2.73. The summed E-state index contributed by atoms with van der Waals surface area (Å²) >= 11 is 0. The summed E-state index contributed by atoms with van der Waals surface area (Å²) in [6.07, 6.45) is 2.23. The zero-order chi connectivity index (χ0) is 9.26. The van der Waals surface area contributed by atoms with Crippen molar-refractivity contribution in [2.75, 3.05) is 0 Å². The van der Waals surface area contributed by atoms with Gasteiger partial charge in [0.1, 0.15) is 5.82 Å². The molecule has 0 aliphatic rings. The van der Waals surface area contributed by atoms with Crippen molar-refractivity contribution in [1.29, 1.82) is 0 Å². The van der Waals surface area contributed by atoms with E-state index in [1.54, 1.807) is 0 Å². The van der Waals surface area contributed by atoms with E-state index in [-0.39, 0.29) is 0 Å². The van der Waals surface area contributed by atoms with Crippen LogP contribution in [0.3, 0.4) is 0 Å². The third kappa shape index (κ3) is 1.32. The van der Waals surface area contributed by atoms with Crippen LogP contribution >= 0.6 is 0 Å². The highest BCUT2D eigenvalue weighted by molar-refractivity contribution is 5.48. The Morgan fingerprint density at radius 2 is 2.38 bits per heavy atom. The topological polar surface area (TPSA) is 67.6 Å². The van der Waals surface area contributed by atoms with Crippen LogP contribution in [-0.4, -0.2) is 20.2 Å². The standard InChI is InChI=1S/C8H10N4O/c1-3-6-10-8(12-11-6)7-5(2)9-4-13-7/h4H,3H2,1-2H3,(H,10,11,12). The first-order valence-electron chi connectivity index (χ1n) is 4.13. The summed E-state index contributed by atoms with van der Waals surface area (Å²) in [5, 5.41) is 6.84. The molecule has 0 aliphatic carbocycles. The summed E-state index contributed by atoms with van der Waals surface area (Å²) in [6.45, 7) is 3.87. The number of oxazole rings is 1. The molecule has 0 atom stereocenters. The Balaban J connectivity index is 2.41. The van der Waals surface area contributed by atoms with Gasteiger partial charge in [0.15, 0.2) is 12.2 Å². The van der Waals surface area contributed by atoms with Gasteiger partial charge in [-0.3, -0.25) is 5.10 Å². The third-order valence-electron chi connectivity index (χ3n) is 1.82. The molecule has 13 heavy (non-hydrogen) atoms. The van der Waals surface area contributed by atoms with Crippen LogP contribution in [0.4, 0.5) is 0 Å². The molecule has 2 rings (SSSR count). The largest absolute Gasteiger partial charge is 0.440 e. The predicted octanol–water partition coefficient (Wildman–Crippen LogP) is 1.33. The molecule has 2 heterocycles. The summed E-state index contributed by atoms with van der Waals surface area (Å²) in [4.78, 5) is 8.20. The van der Waals surface area contributed by atoms with E-state index in [1.165, 1.54) is 6.39 Å². The van der Waals surface area contributed by atoms with Crippen LogP contribution in [0, 0.1) is 6.92 Å². The Kier molecular flexibility index (Phi) is 1.84. The number of nitrogens with one attached hydrogen (secondary N) is 1. The molecule has 0 amide bonds. The lowest BCUT2D eigenvalue weighted by Gasteiger charge is -1.86. The average Bonchev–Trinajstić information content (AvgIpc) is 2.71. The summed E-state index contributed by atoms with van der Waals surface area (Å²) in [6, 6.07) is 0. The maximum Gasteiger partial charge on any atom is 0.218 e. The number of aromatic nitrogens is 4. The van der Waals surface area contributed by atoms with E-state index in [0.29, 0.717) is 11.6 Å². The first-order valence-corrected chi connectivity index (χ1v) is 4.13. The molecule has 0 radical (unpaired) electrons. The molecule has 2 aromatic heterocycles. The van der Waals surface area contributed by atoms with Gasteiger partial charge in [-0.25, -0.2) is 9.97 Å². The van der Waals surface area contributed by atoms with Crippen molar-refractivity contribution >= 4 is 0 Å². The van der Waals surface area contributed by atoms with Gasteiger partial charge in [0, 0.05) is 6.42 Å². The molecule has 0 fully saturated rings. The summed E-state index contributed by atoms with van der Waals surface area (Å²) in [5.41, 5.74) is 0.807. The SMILES string of the molecule is CCc1nc(-c2ocnc2C)n[nH]1. The lowest BCUT2D eigenvalue weighted by Crippen LogP contribution is -1.82. The zero-order valence-electron chi connectivity index (χ0n) is 7.53. The molecule has 1 N–H and O–H groups in total. The summed E-state index contributed by atoms with van der Waals surface area (Å²) < 4.78 is 5.15. The molecule has 5 nitrogen and oxygen atoms in total. The van der Waals surface area contributed by atoms with E-state index >= 15 is 0 Å². The van der Waals surface area contributed by atoms with Crippen molar-refractivity contribution in [3.05, 3.63) is 17.9 Å². The van der Waals surface area contributed by atoms with Gasteiger partial charge in [-0.1, -0.05) is 6.92 Å². The van der Waals surface area contributed by atoms with Gasteiger partial charge in [-0.15, -0.1) is 5.10 Å². The smallest absolute Gasteiger partial charge is 0.218 e. The van der Waals surface area contributed by atoms with Crippen LogP contribution in [0.2, 0.25) is 0 Å². The normalized spacial score (nSPS) is 10.6. The van der Waals surface area contributed by atoms with Crippen molar-refractivity contribution < 1.29 is 4.42 Å². The van der Waals surface area contributed by atoms with Crippen LogP contribution in [-0.2, 0) is 6.42 Å². The van der Waals surface area contributed by atoms with Crippen molar-refractivity contribution in [2.24, 2.45) is 0 Å². The van der Waals surface area contributed by atoms with Crippen LogP contribution < -0.4 is 0 Å². The fourth-order valence-corrected chi connectivity index (χ4v) is 1.07. The number of nitrogens with zero attached hydrogens (tertiary/aromatic N) is 3. The van der Waals surface area contributed by atoms with E-state index in [0.717, 1.165) is 17.9 Å². The lowest BCUT2D eigenvalue weighted by molar-refractivity contribution is 0.567. The number of H-pyrrole nitrogens is 1. The van der Waals surface area contributed by atoms with Gasteiger partial charge >= 0.3 is 0 Å². The van der Waals surface area contributed by atoms with Gasteiger partial charge in [-0.05, 0) is 6.92 Å². The van der Waals surface area contributed by atoms with E-state index < -0.39 is 0 Å². The predicted molar refractivity (Wildman–Crippen MR) is 46.0 cm³/mol. The van der Waals surface area contributed by atoms with Crippen molar-refractivity contribution in [3.63, 3.8) is 0 Å². The number of aromatic amines is 1. The highest BCUT2D eigenvalue weighted by atomic mass is 16.3. The Bertz CT molecular complexity index is 404. The minimum absolute atomic E-state index is 0.576. The highest BCUT2D eigenvalue weighted by Crippen LogP contribution is 2.17. The van der Waals surface area contributed by atoms with Gasteiger partial charge < -0.3 is 4.42 Å². The second kappa shape index (κ2) is 3.01. The fraction of sp³-hybridized carbons (Fsp3) is 0.375. The molecule has 0 saturated heterocycles. The number of hydrogen-bond donors (Lipinski definition) is 1. The quantitative estimate of drug-likeness (QED) is 0.753. The van der Waals surface area contributed by atoms with Gasteiger partial charge in [-0.2, -0.15) is 0 Å². The molecular weight excluding hydrogens is 168 g/mol. The van der Waals surface area contributed by atoms with Crippen molar-refractivity contribution in [1.82, 2.24) is 20.2 Å². The Hall–Kier alpha value is -1.65. The molecule has 68 valence electrons. The molecule has 5 heteroatoms. The molecule has 2 aromatic rings. The average molecular weight is 178 g/mol. The van der Waals surface area contributed by atoms with Gasteiger partial charge in [0.05, 0.1) is 5.69 Å². The second-order valence-electron chi connectivity index (χ2n) is 2.73. The van der Waals surface area contributed by atoms with Gasteiger partial charge in [0.25, 0.3) is 0 Å². The molecule has 0 unspecified atom stereocenters. The first-order chi connectivity index (χ1) is 6.31. The fourth-order valence-electron chi connectivity index (χ4n) is 1.07. The molecule has 0 bridgehead atoms. The van der Waals surface area contributed by atoms with E-state index in [2.05, 4.69) is 20.2 Å². The molecular formula is C8H10N4O. The molecule has 0 aromatic carbocycles. The minimum Gasteiger partial charge on any atom is -0.440 e. The Labute approximate surface area is 75.2 Å². The maximum absolute atomic E-state index is 5.15. The highest BCUT2D eigenvalue weighted by Gasteiger charge is 2.11. The van der Waals surface area contributed by atoms with Gasteiger partial charge in [0.2, 0.25) is 5.82 Å². The molecule has 0 aliphatic heterocycles.